The highest BCUT2D eigenvalue weighted by Gasteiger charge is 2.20. The second-order valence-electron chi connectivity index (χ2n) is 4.07. The van der Waals surface area contributed by atoms with Crippen molar-refractivity contribution in [3.05, 3.63) is 0 Å². The summed E-state index contributed by atoms with van der Waals surface area (Å²) in [7, 11) is 0. The highest BCUT2D eigenvalue weighted by molar-refractivity contribution is 4.96. The standard InChI is InChI=1S/C10H19N3/c1-9(2)3-5-13-6-4-12-8-10(13)7-11/h9-10,12H,3-6,8H2,1-2H3. The molecule has 1 aliphatic rings. The largest absolute Gasteiger partial charge is 0.313 e. The Balaban J connectivity index is 2.33. The van der Waals surface area contributed by atoms with Gasteiger partial charge in [0.25, 0.3) is 0 Å². The fourth-order valence-electron chi connectivity index (χ4n) is 1.57. The first-order valence-corrected chi connectivity index (χ1v) is 5.08. The van der Waals surface area contributed by atoms with E-state index in [1.165, 1.54) is 6.42 Å². The number of hydrogen-bond acceptors (Lipinski definition) is 3. The maximum Gasteiger partial charge on any atom is 0.110 e. The Kier molecular flexibility index (Phi) is 4.20. The van der Waals surface area contributed by atoms with Crippen LogP contribution in [-0.2, 0) is 0 Å². The predicted octanol–water partition coefficient (Wildman–Crippen LogP) is 0.830. The van der Waals surface area contributed by atoms with Crippen molar-refractivity contribution < 1.29 is 0 Å². The molecule has 1 heterocycles. The van der Waals surface area contributed by atoms with Gasteiger partial charge in [0.2, 0.25) is 0 Å². The molecule has 13 heavy (non-hydrogen) atoms. The summed E-state index contributed by atoms with van der Waals surface area (Å²) in [5, 5.41) is 12.1. The zero-order valence-electron chi connectivity index (χ0n) is 8.58. The van der Waals surface area contributed by atoms with Crippen molar-refractivity contribution in [1.82, 2.24) is 10.2 Å². The minimum Gasteiger partial charge on any atom is -0.313 e. The monoisotopic (exact) mass is 181 g/mol. The Bertz CT molecular complexity index is 183. The molecule has 0 saturated carbocycles. The first-order chi connectivity index (χ1) is 6.24. The molecule has 74 valence electrons. The van der Waals surface area contributed by atoms with Crippen LogP contribution in [0.5, 0.6) is 0 Å². The van der Waals surface area contributed by atoms with E-state index in [0.29, 0.717) is 0 Å². The van der Waals surface area contributed by atoms with E-state index in [1.54, 1.807) is 0 Å². The first kappa shape index (κ1) is 10.5. The van der Waals surface area contributed by atoms with Gasteiger partial charge in [0.05, 0.1) is 6.07 Å². The van der Waals surface area contributed by atoms with Gasteiger partial charge in [-0.2, -0.15) is 5.26 Å². The van der Waals surface area contributed by atoms with E-state index in [2.05, 4.69) is 30.1 Å². The fourth-order valence-corrected chi connectivity index (χ4v) is 1.57. The van der Waals surface area contributed by atoms with Crippen molar-refractivity contribution >= 4 is 0 Å². The number of nitrogens with one attached hydrogen (secondary N) is 1. The number of rotatable bonds is 3. The third-order valence-electron chi connectivity index (χ3n) is 2.50. The van der Waals surface area contributed by atoms with Crippen molar-refractivity contribution in [2.24, 2.45) is 5.92 Å². The summed E-state index contributed by atoms with van der Waals surface area (Å²) in [4.78, 5) is 2.29. The van der Waals surface area contributed by atoms with Crippen LogP contribution < -0.4 is 5.32 Å². The summed E-state index contributed by atoms with van der Waals surface area (Å²) in [6, 6.07) is 2.43. The molecule has 0 aromatic heterocycles. The molecule has 1 atom stereocenters. The molecule has 0 amide bonds. The minimum atomic E-state index is 0.0903. The molecule has 1 unspecified atom stereocenters. The molecule has 1 aliphatic heterocycles. The molecule has 3 nitrogen and oxygen atoms in total. The average Bonchev–Trinajstić information content (AvgIpc) is 2.15. The molecule has 1 saturated heterocycles. The molecule has 1 rings (SSSR count). The lowest BCUT2D eigenvalue weighted by atomic mass is 10.1. The summed E-state index contributed by atoms with van der Waals surface area (Å²) >= 11 is 0. The lowest BCUT2D eigenvalue weighted by molar-refractivity contribution is 0.188. The lowest BCUT2D eigenvalue weighted by Gasteiger charge is -2.32. The summed E-state index contributed by atoms with van der Waals surface area (Å²) < 4.78 is 0. The Hall–Kier alpha value is -0.590. The molecule has 0 aromatic rings. The van der Waals surface area contributed by atoms with Crippen molar-refractivity contribution in [2.45, 2.75) is 26.3 Å². The molecular formula is C10H19N3. The molecule has 1 fully saturated rings. The summed E-state index contributed by atoms with van der Waals surface area (Å²) in [5.74, 6) is 0.731. The molecule has 0 radical (unpaired) electrons. The van der Waals surface area contributed by atoms with Gasteiger partial charge < -0.3 is 5.32 Å². The van der Waals surface area contributed by atoms with Gasteiger partial charge >= 0.3 is 0 Å². The van der Waals surface area contributed by atoms with Crippen LogP contribution in [0.4, 0.5) is 0 Å². The van der Waals surface area contributed by atoms with E-state index >= 15 is 0 Å². The Morgan fingerprint density at radius 1 is 1.62 bits per heavy atom. The molecular weight excluding hydrogens is 162 g/mol. The lowest BCUT2D eigenvalue weighted by Crippen LogP contribution is -2.50. The number of nitriles is 1. The molecule has 0 spiro atoms. The minimum absolute atomic E-state index is 0.0903. The van der Waals surface area contributed by atoms with Gasteiger partial charge in [0.15, 0.2) is 0 Å². The molecule has 1 N–H and O–H groups in total. The molecule has 0 bridgehead atoms. The highest BCUT2D eigenvalue weighted by Crippen LogP contribution is 2.07. The van der Waals surface area contributed by atoms with E-state index in [9.17, 15) is 0 Å². The van der Waals surface area contributed by atoms with Crippen molar-refractivity contribution in [3.63, 3.8) is 0 Å². The van der Waals surface area contributed by atoms with Crippen molar-refractivity contribution in [2.75, 3.05) is 26.2 Å². The highest BCUT2D eigenvalue weighted by atomic mass is 15.2. The van der Waals surface area contributed by atoms with Crippen LogP contribution in [0.15, 0.2) is 0 Å². The summed E-state index contributed by atoms with van der Waals surface area (Å²) in [5.41, 5.74) is 0. The first-order valence-electron chi connectivity index (χ1n) is 5.08. The van der Waals surface area contributed by atoms with E-state index in [1.807, 2.05) is 0 Å². The fraction of sp³-hybridized carbons (Fsp3) is 0.900. The van der Waals surface area contributed by atoms with Crippen molar-refractivity contribution in [3.8, 4) is 6.07 Å². The molecule has 3 heteroatoms. The SMILES string of the molecule is CC(C)CCN1CCNCC1C#N. The maximum absolute atomic E-state index is 8.90. The van der Waals surface area contributed by atoms with E-state index in [0.717, 1.165) is 32.1 Å². The van der Waals surface area contributed by atoms with Crippen LogP contribution in [0.3, 0.4) is 0 Å². The Morgan fingerprint density at radius 2 is 2.38 bits per heavy atom. The van der Waals surface area contributed by atoms with Gasteiger partial charge in [-0.1, -0.05) is 13.8 Å². The molecule has 0 aliphatic carbocycles. The summed E-state index contributed by atoms with van der Waals surface area (Å²) in [6.07, 6.45) is 1.19. The van der Waals surface area contributed by atoms with E-state index in [-0.39, 0.29) is 6.04 Å². The van der Waals surface area contributed by atoms with Crippen LogP contribution in [0.1, 0.15) is 20.3 Å². The van der Waals surface area contributed by atoms with Crippen LogP contribution >= 0.6 is 0 Å². The van der Waals surface area contributed by atoms with Crippen LogP contribution in [0.25, 0.3) is 0 Å². The zero-order chi connectivity index (χ0) is 9.68. The second kappa shape index (κ2) is 5.21. The normalized spacial score (nSPS) is 24.6. The smallest absolute Gasteiger partial charge is 0.110 e. The van der Waals surface area contributed by atoms with Gasteiger partial charge in [-0.05, 0) is 18.9 Å². The predicted molar refractivity (Wildman–Crippen MR) is 53.3 cm³/mol. The number of hydrogen-bond donors (Lipinski definition) is 1. The summed E-state index contributed by atoms with van der Waals surface area (Å²) in [6.45, 7) is 8.39. The van der Waals surface area contributed by atoms with Gasteiger partial charge in [-0.3, -0.25) is 4.90 Å². The number of piperazine rings is 1. The second-order valence-corrected chi connectivity index (χ2v) is 4.07. The quantitative estimate of drug-likeness (QED) is 0.701. The Morgan fingerprint density at radius 3 is 3.00 bits per heavy atom. The van der Waals surface area contributed by atoms with Crippen LogP contribution in [-0.4, -0.2) is 37.1 Å². The molecule has 0 aromatic carbocycles. The van der Waals surface area contributed by atoms with E-state index < -0.39 is 0 Å². The third kappa shape index (κ3) is 3.33. The van der Waals surface area contributed by atoms with Gasteiger partial charge in [-0.15, -0.1) is 0 Å². The third-order valence-corrected chi connectivity index (χ3v) is 2.50. The van der Waals surface area contributed by atoms with Crippen molar-refractivity contribution in [1.29, 1.82) is 5.26 Å². The van der Waals surface area contributed by atoms with Gasteiger partial charge in [0.1, 0.15) is 6.04 Å². The Labute approximate surface area is 80.7 Å². The number of nitrogens with zero attached hydrogens (tertiary/aromatic N) is 2. The average molecular weight is 181 g/mol. The topological polar surface area (TPSA) is 39.1 Å². The maximum atomic E-state index is 8.90. The van der Waals surface area contributed by atoms with E-state index in [4.69, 9.17) is 5.26 Å². The van der Waals surface area contributed by atoms with Gasteiger partial charge in [-0.25, -0.2) is 0 Å². The zero-order valence-corrected chi connectivity index (χ0v) is 8.58. The van der Waals surface area contributed by atoms with Crippen LogP contribution in [0.2, 0.25) is 0 Å². The van der Waals surface area contributed by atoms with Crippen LogP contribution in [0, 0.1) is 17.2 Å². The van der Waals surface area contributed by atoms with Gasteiger partial charge in [0, 0.05) is 19.6 Å².